The number of hydrogen-bond donors (Lipinski definition) is 1. The summed E-state index contributed by atoms with van der Waals surface area (Å²) in [5, 5.41) is 2.67. The summed E-state index contributed by atoms with van der Waals surface area (Å²) in [7, 11) is 0. The van der Waals surface area contributed by atoms with Crippen LogP contribution in [0.3, 0.4) is 0 Å². The first-order valence-corrected chi connectivity index (χ1v) is 7.25. The Morgan fingerprint density at radius 1 is 1.37 bits per heavy atom. The Labute approximate surface area is 121 Å². The summed E-state index contributed by atoms with van der Waals surface area (Å²) < 4.78 is 0.524. The minimum Gasteiger partial charge on any atom is -0.348 e. The number of nitrogens with zero attached hydrogens (tertiary/aromatic N) is 1. The van der Waals surface area contributed by atoms with Crippen molar-refractivity contribution in [3.05, 3.63) is 47.0 Å². The summed E-state index contributed by atoms with van der Waals surface area (Å²) in [5.74, 6) is -0.102. The molecule has 3 nitrogen and oxygen atoms in total. The summed E-state index contributed by atoms with van der Waals surface area (Å²) in [5.41, 5.74) is 3.15. The molecule has 0 bridgehead atoms. The third-order valence-electron chi connectivity index (χ3n) is 3.13. The Balaban J connectivity index is 2.17. The van der Waals surface area contributed by atoms with Gasteiger partial charge in [0.05, 0.1) is 4.91 Å². The second-order valence-electron chi connectivity index (χ2n) is 4.21. The molecule has 1 aromatic carbocycles. The molecule has 3 rings (SSSR count). The van der Waals surface area contributed by atoms with E-state index in [0.717, 1.165) is 23.4 Å². The highest BCUT2D eigenvalue weighted by Gasteiger charge is 2.28. The van der Waals surface area contributed by atoms with Crippen LogP contribution in [0.25, 0.3) is 5.57 Å². The third kappa shape index (κ3) is 2.09. The van der Waals surface area contributed by atoms with E-state index in [2.05, 4.69) is 23.2 Å². The van der Waals surface area contributed by atoms with Crippen LogP contribution in [0, 0.1) is 0 Å². The molecule has 0 atom stereocenters. The maximum Gasteiger partial charge on any atom is 0.264 e. The monoisotopic (exact) mass is 288 g/mol. The van der Waals surface area contributed by atoms with Crippen LogP contribution in [0.4, 0.5) is 5.69 Å². The Morgan fingerprint density at radius 3 is 2.84 bits per heavy atom. The molecule has 0 aromatic heterocycles. The summed E-state index contributed by atoms with van der Waals surface area (Å²) >= 11 is 6.38. The zero-order chi connectivity index (χ0) is 13.4. The number of allylic oxidation sites excluding steroid dienone is 2. The number of rotatable bonds is 1. The van der Waals surface area contributed by atoms with Crippen molar-refractivity contribution in [1.29, 1.82) is 0 Å². The summed E-state index contributed by atoms with van der Waals surface area (Å²) in [4.78, 5) is 14.8. The number of para-hydroxylation sites is 1. The first-order chi connectivity index (χ1) is 9.20. The molecular formula is C14H12N2OS2. The predicted octanol–water partition coefficient (Wildman–Crippen LogP) is 2.90. The fraction of sp³-hybridized carbons (Fsp3) is 0.143. The van der Waals surface area contributed by atoms with Crippen molar-refractivity contribution in [2.75, 3.05) is 11.4 Å². The molecule has 1 N–H and O–H groups in total. The lowest BCUT2D eigenvalue weighted by atomic mass is 9.99. The molecule has 1 aromatic rings. The van der Waals surface area contributed by atoms with Gasteiger partial charge in [-0.2, -0.15) is 0 Å². The highest BCUT2D eigenvalue weighted by molar-refractivity contribution is 8.26. The molecule has 1 amide bonds. The van der Waals surface area contributed by atoms with E-state index in [1.807, 2.05) is 30.5 Å². The summed E-state index contributed by atoms with van der Waals surface area (Å²) in [6, 6.07) is 8.11. The Kier molecular flexibility index (Phi) is 3.16. The van der Waals surface area contributed by atoms with Crippen LogP contribution in [0.2, 0.25) is 0 Å². The van der Waals surface area contributed by atoms with E-state index in [9.17, 15) is 4.79 Å². The van der Waals surface area contributed by atoms with Gasteiger partial charge in [-0.3, -0.25) is 4.79 Å². The van der Waals surface area contributed by atoms with E-state index < -0.39 is 0 Å². The summed E-state index contributed by atoms with van der Waals surface area (Å²) in [6.07, 6.45) is 4.00. The van der Waals surface area contributed by atoms with Gasteiger partial charge in [-0.15, -0.1) is 0 Å². The molecule has 19 heavy (non-hydrogen) atoms. The van der Waals surface area contributed by atoms with E-state index in [-0.39, 0.29) is 5.91 Å². The maximum atomic E-state index is 11.9. The number of benzene rings is 1. The van der Waals surface area contributed by atoms with Crippen molar-refractivity contribution in [2.45, 2.75) is 6.92 Å². The number of carbonyl (C=O) groups excluding carboxylic acids is 1. The SMILES string of the molecule is CCN1C=CC(=C2SC(=S)NC2=O)c2ccccc21. The molecule has 1 fully saturated rings. The normalized spacial score (nSPS) is 21.6. The standard InChI is InChI=1S/C14H12N2OS2/c1-2-16-8-7-10(9-5-3-4-6-11(9)16)12-13(17)15-14(18)19-12/h3-8H,2H2,1H3,(H,15,17,18). The molecule has 0 unspecified atom stereocenters. The van der Waals surface area contributed by atoms with E-state index in [0.29, 0.717) is 9.23 Å². The second kappa shape index (κ2) is 4.83. The highest BCUT2D eigenvalue weighted by Crippen LogP contribution is 2.39. The lowest BCUT2D eigenvalue weighted by molar-refractivity contribution is -0.115. The van der Waals surface area contributed by atoms with Gasteiger partial charge >= 0.3 is 0 Å². The molecule has 2 aliphatic heterocycles. The fourth-order valence-corrected chi connectivity index (χ4v) is 3.36. The highest BCUT2D eigenvalue weighted by atomic mass is 32.2. The first kappa shape index (κ1) is 12.4. The van der Waals surface area contributed by atoms with Crippen LogP contribution in [-0.2, 0) is 4.79 Å². The van der Waals surface area contributed by atoms with Crippen LogP contribution in [0.5, 0.6) is 0 Å². The minimum atomic E-state index is -0.102. The van der Waals surface area contributed by atoms with Gasteiger partial charge in [0, 0.05) is 29.6 Å². The van der Waals surface area contributed by atoms with Crippen LogP contribution in [0.15, 0.2) is 41.4 Å². The lowest BCUT2D eigenvalue weighted by Crippen LogP contribution is -2.21. The van der Waals surface area contributed by atoms with Gasteiger partial charge in [0.2, 0.25) is 0 Å². The zero-order valence-electron chi connectivity index (χ0n) is 10.3. The van der Waals surface area contributed by atoms with Crippen molar-refractivity contribution in [2.24, 2.45) is 0 Å². The molecule has 5 heteroatoms. The Hall–Kier alpha value is -1.59. The molecule has 0 radical (unpaired) electrons. The van der Waals surface area contributed by atoms with Gasteiger partial charge < -0.3 is 10.2 Å². The lowest BCUT2D eigenvalue weighted by Gasteiger charge is -2.26. The predicted molar refractivity (Wildman–Crippen MR) is 83.9 cm³/mol. The number of fused-ring (bicyclic) bond motifs is 1. The van der Waals surface area contributed by atoms with Crippen LogP contribution < -0.4 is 10.2 Å². The Morgan fingerprint density at radius 2 is 2.16 bits per heavy atom. The van der Waals surface area contributed by atoms with Crippen molar-refractivity contribution >= 4 is 45.5 Å². The third-order valence-corrected chi connectivity index (χ3v) is 4.38. The quantitative estimate of drug-likeness (QED) is 0.636. The molecule has 2 aliphatic rings. The van der Waals surface area contributed by atoms with Gasteiger partial charge in [-0.1, -0.05) is 42.2 Å². The number of nitrogens with one attached hydrogen (secondary N) is 1. The number of anilines is 1. The number of thioether (sulfide) groups is 1. The van der Waals surface area contributed by atoms with Gasteiger partial charge in [0.15, 0.2) is 0 Å². The zero-order valence-corrected chi connectivity index (χ0v) is 12.0. The first-order valence-electron chi connectivity index (χ1n) is 6.02. The second-order valence-corrected chi connectivity index (χ2v) is 5.89. The van der Waals surface area contributed by atoms with E-state index in [1.54, 1.807) is 0 Å². The van der Waals surface area contributed by atoms with Crippen molar-refractivity contribution < 1.29 is 4.79 Å². The number of amides is 1. The molecule has 0 aliphatic carbocycles. The average Bonchev–Trinajstić information content (AvgIpc) is 2.76. The van der Waals surface area contributed by atoms with E-state index in [1.165, 1.54) is 11.8 Å². The molecule has 1 saturated heterocycles. The van der Waals surface area contributed by atoms with Crippen molar-refractivity contribution in [3.8, 4) is 0 Å². The molecule has 0 saturated carbocycles. The van der Waals surface area contributed by atoms with Gasteiger partial charge in [-0.05, 0) is 19.1 Å². The average molecular weight is 288 g/mol. The largest absolute Gasteiger partial charge is 0.348 e. The van der Waals surface area contributed by atoms with Crippen molar-refractivity contribution in [1.82, 2.24) is 5.32 Å². The van der Waals surface area contributed by atoms with E-state index in [4.69, 9.17) is 12.2 Å². The topological polar surface area (TPSA) is 32.3 Å². The Bertz CT molecular complexity index is 634. The fourth-order valence-electron chi connectivity index (χ4n) is 2.25. The van der Waals surface area contributed by atoms with Gasteiger partial charge in [0.25, 0.3) is 5.91 Å². The number of carbonyl (C=O) groups is 1. The molecular weight excluding hydrogens is 276 g/mol. The summed E-state index contributed by atoms with van der Waals surface area (Å²) in [6.45, 7) is 3.00. The van der Waals surface area contributed by atoms with Crippen LogP contribution in [0.1, 0.15) is 12.5 Å². The minimum absolute atomic E-state index is 0.102. The van der Waals surface area contributed by atoms with Crippen LogP contribution in [-0.4, -0.2) is 16.8 Å². The van der Waals surface area contributed by atoms with Gasteiger partial charge in [-0.25, -0.2) is 0 Å². The number of thiocarbonyl (C=S) groups is 1. The smallest absolute Gasteiger partial charge is 0.264 e. The van der Waals surface area contributed by atoms with Crippen molar-refractivity contribution in [3.63, 3.8) is 0 Å². The van der Waals surface area contributed by atoms with E-state index >= 15 is 0 Å². The number of hydrogen-bond acceptors (Lipinski definition) is 4. The molecule has 2 heterocycles. The van der Waals surface area contributed by atoms with Gasteiger partial charge in [0.1, 0.15) is 4.32 Å². The molecule has 0 spiro atoms. The molecule has 96 valence electrons. The maximum absolute atomic E-state index is 11.9. The van der Waals surface area contributed by atoms with Crippen LogP contribution >= 0.6 is 24.0 Å².